The number of aliphatic imine (C=N–C) groups is 1. The van der Waals surface area contributed by atoms with E-state index in [9.17, 15) is 9.59 Å². The number of rotatable bonds is 9. The lowest BCUT2D eigenvalue weighted by atomic mass is 9.80. The molecule has 208 valence electrons. The van der Waals surface area contributed by atoms with Gasteiger partial charge in [0.05, 0.1) is 30.7 Å². The molecule has 1 aliphatic carbocycles. The Morgan fingerprint density at radius 1 is 1.08 bits per heavy atom. The Bertz CT molecular complexity index is 1050. The second kappa shape index (κ2) is 13.0. The van der Waals surface area contributed by atoms with Crippen molar-refractivity contribution in [2.75, 3.05) is 18.5 Å². The quantitative estimate of drug-likeness (QED) is 0.413. The summed E-state index contributed by atoms with van der Waals surface area (Å²) in [6.45, 7) is 5.80. The number of nitrogens with zero attached hydrogens (tertiary/aromatic N) is 3. The first-order valence-electron chi connectivity index (χ1n) is 14.0. The Balaban J connectivity index is 1.18. The number of aldehydes is 1. The van der Waals surface area contributed by atoms with Crippen LogP contribution in [-0.4, -0.2) is 65.1 Å². The zero-order valence-corrected chi connectivity index (χ0v) is 24.0. The zero-order chi connectivity index (χ0) is 26.5. The molecule has 1 amide bonds. The number of ether oxygens (including phenoxy) is 2. The summed E-state index contributed by atoms with van der Waals surface area (Å²) in [5.74, 6) is 0.726. The number of carbonyl (C=O) groups excluding carboxylic acids is 2. The first-order valence-corrected chi connectivity index (χ1v) is 15.7. The van der Waals surface area contributed by atoms with E-state index in [-0.39, 0.29) is 30.2 Å². The maximum absolute atomic E-state index is 12.6. The van der Waals surface area contributed by atoms with Crippen LogP contribution in [-0.2, 0) is 19.1 Å². The van der Waals surface area contributed by atoms with E-state index < -0.39 is 0 Å². The van der Waals surface area contributed by atoms with Gasteiger partial charge in [-0.1, -0.05) is 29.5 Å². The minimum Gasteiger partial charge on any atom is -0.378 e. The van der Waals surface area contributed by atoms with E-state index in [4.69, 9.17) is 14.5 Å². The molecule has 1 aromatic rings. The molecule has 3 aliphatic heterocycles. The Labute approximate surface area is 233 Å². The number of hydrogen-bond donors (Lipinski definition) is 2. The molecule has 4 heterocycles. The maximum Gasteiger partial charge on any atom is 0.228 e. The van der Waals surface area contributed by atoms with Crippen molar-refractivity contribution in [3.63, 3.8) is 0 Å². The highest BCUT2D eigenvalue weighted by Crippen LogP contribution is 2.46. The maximum atomic E-state index is 12.6. The topological polar surface area (TPSA) is 115 Å². The minimum atomic E-state index is -0.306. The molecule has 1 aromatic heterocycles. The summed E-state index contributed by atoms with van der Waals surface area (Å²) in [5, 5.41) is 17.7. The molecular weight excluding hydrogens is 522 g/mol. The van der Waals surface area contributed by atoms with Gasteiger partial charge >= 0.3 is 0 Å². The van der Waals surface area contributed by atoms with E-state index in [0.29, 0.717) is 35.0 Å². The highest BCUT2D eigenvalue weighted by Gasteiger charge is 2.33. The molecule has 9 nitrogen and oxygen atoms in total. The summed E-state index contributed by atoms with van der Waals surface area (Å²) in [4.78, 5) is 30.4. The summed E-state index contributed by atoms with van der Waals surface area (Å²) < 4.78 is 11.3. The Morgan fingerprint density at radius 2 is 1.84 bits per heavy atom. The van der Waals surface area contributed by atoms with Gasteiger partial charge in [0, 0.05) is 25.6 Å². The Hall–Kier alpha value is -1.82. The lowest BCUT2D eigenvalue weighted by Crippen LogP contribution is -2.34. The lowest BCUT2D eigenvalue weighted by Gasteiger charge is -2.33. The predicted octanol–water partition coefficient (Wildman–Crippen LogP) is 4.81. The summed E-state index contributed by atoms with van der Waals surface area (Å²) >= 11 is 3.19. The van der Waals surface area contributed by atoms with Crippen LogP contribution >= 0.6 is 23.1 Å². The van der Waals surface area contributed by atoms with E-state index in [1.807, 2.05) is 0 Å². The van der Waals surface area contributed by atoms with Crippen LogP contribution in [0.3, 0.4) is 0 Å². The molecule has 3 fully saturated rings. The monoisotopic (exact) mass is 561 g/mol. The zero-order valence-electron chi connectivity index (χ0n) is 22.3. The van der Waals surface area contributed by atoms with Gasteiger partial charge in [0.2, 0.25) is 11.0 Å². The number of nitrogens with one attached hydrogen (secondary N) is 2. The molecule has 38 heavy (non-hydrogen) atoms. The van der Waals surface area contributed by atoms with Gasteiger partial charge in [0.25, 0.3) is 0 Å². The standard InChI is InChI=1S/C27H39N5O4S2/c1-16-17(2)28-26(30-23(34)14-22-9-5-11-36-22)37-24(16)18-6-3-7-19(12-18)25-31-32-27(38-25)29-20(15-33)13-21-8-4-10-35-21/h15,17-22H,3-14H2,1-2H3,(H,29,32)(H,28,30,34). The second-order valence-corrected chi connectivity index (χ2v) is 13.0. The largest absolute Gasteiger partial charge is 0.378 e. The highest BCUT2D eigenvalue weighted by atomic mass is 32.2. The van der Waals surface area contributed by atoms with Crippen LogP contribution < -0.4 is 10.6 Å². The number of hydrogen-bond acceptors (Lipinski definition) is 10. The van der Waals surface area contributed by atoms with Crippen molar-refractivity contribution in [2.24, 2.45) is 10.9 Å². The SMILES string of the molecule is CC1=C(C2CCCC(c3nnc(NC(C=O)CC4CCCO4)s3)C2)SC(NC(=O)CC2CCCO2)=NC1C. The average Bonchev–Trinajstić information content (AvgIpc) is 3.70. The van der Waals surface area contributed by atoms with Gasteiger partial charge in [0.1, 0.15) is 11.3 Å². The predicted molar refractivity (Wildman–Crippen MR) is 151 cm³/mol. The van der Waals surface area contributed by atoms with Crippen LogP contribution in [0.25, 0.3) is 0 Å². The first-order chi connectivity index (χ1) is 18.5. The molecule has 0 aromatic carbocycles. The van der Waals surface area contributed by atoms with Crippen molar-refractivity contribution in [1.29, 1.82) is 0 Å². The van der Waals surface area contributed by atoms with Gasteiger partial charge in [0.15, 0.2) is 5.17 Å². The van der Waals surface area contributed by atoms with Crippen molar-refractivity contribution in [3.8, 4) is 0 Å². The van der Waals surface area contributed by atoms with Crippen LogP contribution in [0.15, 0.2) is 15.5 Å². The minimum absolute atomic E-state index is 0.0159. The summed E-state index contributed by atoms with van der Waals surface area (Å²) in [7, 11) is 0. The molecular formula is C27H39N5O4S2. The molecule has 11 heteroatoms. The Morgan fingerprint density at radius 3 is 2.58 bits per heavy atom. The number of allylic oxidation sites excluding steroid dienone is 1. The van der Waals surface area contributed by atoms with Gasteiger partial charge in [-0.05, 0) is 75.2 Å². The van der Waals surface area contributed by atoms with Gasteiger partial charge in [-0.3, -0.25) is 9.79 Å². The molecule has 0 radical (unpaired) electrons. The van der Waals surface area contributed by atoms with Crippen LogP contribution in [0.5, 0.6) is 0 Å². The van der Waals surface area contributed by atoms with Crippen molar-refractivity contribution in [2.45, 2.75) is 108 Å². The van der Waals surface area contributed by atoms with Crippen molar-refractivity contribution in [1.82, 2.24) is 15.5 Å². The van der Waals surface area contributed by atoms with Crippen LogP contribution in [0, 0.1) is 5.92 Å². The van der Waals surface area contributed by atoms with E-state index in [1.54, 1.807) is 23.1 Å². The molecule has 0 spiro atoms. The number of amides is 1. The molecule has 2 saturated heterocycles. The van der Waals surface area contributed by atoms with Crippen molar-refractivity contribution >= 4 is 45.6 Å². The molecule has 1 saturated carbocycles. The fraction of sp³-hybridized carbons (Fsp3) is 0.741. The van der Waals surface area contributed by atoms with Gasteiger partial charge < -0.3 is 24.9 Å². The number of anilines is 1. The van der Waals surface area contributed by atoms with Crippen LogP contribution in [0.4, 0.5) is 5.13 Å². The highest BCUT2D eigenvalue weighted by molar-refractivity contribution is 8.17. The summed E-state index contributed by atoms with van der Waals surface area (Å²) in [6.07, 6.45) is 10.6. The van der Waals surface area contributed by atoms with E-state index >= 15 is 0 Å². The van der Waals surface area contributed by atoms with Crippen LogP contribution in [0.1, 0.15) is 89.0 Å². The van der Waals surface area contributed by atoms with Crippen molar-refractivity contribution in [3.05, 3.63) is 15.5 Å². The fourth-order valence-electron chi connectivity index (χ4n) is 5.87. The smallest absolute Gasteiger partial charge is 0.228 e. The lowest BCUT2D eigenvalue weighted by molar-refractivity contribution is -0.121. The van der Waals surface area contributed by atoms with Gasteiger partial charge in [-0.2, -0.15) is 0 Å². The molecule has 2 N–H and O–H groups in total. The van der Waals surface area contributed by atoms with E-state index in [2.05, 4.69) is 34.7 Å². The van der Waals surface area contributed by atoms with E-state index in [1.165, 1.54) is 10.5 Å². The van der Waals surface area contributed by atoms with E-state index in [0.717, 1.165) is 75.9 Å². The third-order valence-corrected chi connectivity index (χ3v) is 10.4. The fourth-order valence-corrected chi connectivity index (χ4v) is 8.11. The second-order valence-electron chi connectivity index (χ2n) is 10.9. The number of aromatic nitrogens is 2. The molecule has 6 unspecified atom stereocenters. The molecule has 4 aliphatic rings. The average molecular weight is 562 g/mol. The number of amidine groups is 1. The van der Waals surface area contributed by atoms with Gasteiger partial charge in [-0.15, -0.1) is 10.2 Å². The number of carbonyl (C=O) groups is 2. The first kappa shape index (κ1) is 27.7. The third kappa shape index (κ3) is 7.03. The third-order valence-electron chi connectivity index (χ3n) is 8.07. The molecule has 5 rings (SSSR count). The van der Waals surface area contributed by atoms with Crippen LogP contribution in [0.2, 0.25) is 0 Å². The molecule has 6 atom stereocenters. The normalized spacial score (nSPS) is 30.7. The molecule has 0 bridgehead atoms. The van der Waals surface area contributed by atoms with Gasteiger partial charge in [-0.25, -0.2) is 0 Å². The summed E-state index contributed by atoms with van der Waals surface area (Å²) in [5.41, 5.74) is 1.29. The summed E-state index contributed by atoms with van der Waals surface area (Å²) in [6, 6.07) is -0.259. The number of thioether (sulfide) groups is 1. The van der Waals surface area contributed by atoms with Crippen molar-refractivity contribution < 1.29 is 19.1 Å². The Kier molecular flexibility index (Phi) is 9.50.